The minimum Gasteiger partial charge on any atom is -0.508 e. The van der Waals surface area contributed by atoms with E-state index in [1.165, 1.54) is 32.4 Å². The quantitative estimate of drug-likeness (QED) is 0.905. The number of aromatic hydroxyl groups is 2. The van der Waals surface area contributed by atoms with Crippen molar-refractivity contribution in [1.82, 2.24) is 0 Å². The number of carbonyl (C=O) groups is 1. The summed E-state index contributed by atoms with van der Waals surface area (Å²) in [7, 11) is 2.88. The third kappa shape index (κ3) is 2.63. The fourth-order valence-corrected chi connectivity index (χ4v) is 2.65. The number of hydrogen-bond donors (Lipinski definition) is 2. The molecule has 6 nitrogen and oxygen atoms in total. The molecule has 0 aromatic heterocycles. The van der Waals surface area contributed by atoms with Gasteiger partial charge in [-0.1, -0.05) is 6.07 Å². The number of hydrogen-bond acceptors (Lipinski definition) is 6. The van der Waals surface area contributed by atoms with Gasteiger partial charge in [0.05, 0.1) is 20.6 Å². The maximum Gasteiger partial charge on any atom is 0.174 e. The van der Waals surface area contributed by atoms with E-state index in [0.717, 1.165) is 0 Å². The van der Waals surface area contributed by atoms with Crippen LogP contribution < -0.4 is 14.2 Å². The van der Waals surface area contributed by atoms with Crippen molar-refractivity contribution in [3.63, 3.8) is 0 Å². The normalized spacial score (nSPS) is 16.4. The highest BCUT2D eigenvalue weighted by Gasteiger charge is 2.31. The molecule has 6 heteroatoms. The SMILES string of the molecule is COc1cc(C2CC(=O)c3c(OC)cc(O)cc3O2)ccc1O. The molecule has 1 heterocycles. The van der Waals surface area contributed by atoms with Crippen LogP contribution in [0, 0.1) is 0 Å². The average Bonchev–Trinajstić information content (AvgIpc) is 2.53. The molecule has 0 spiro atoms. The topological polar surface area (TPSA) is 85.2 Å². The summed E-state index contributed by atoms with van der Waals surface area (Å²) in [6.07, 6.45) is -0.404. The van der Waals surface area contributed by atoms with Crippen LogP contribution in [0.3, 0.4) is 0 Å². The molecule has 0 amide bonds. The molecule has 1 atom stereocenters. The average molecular weight is 316 g/mol. The van der Waals surface area contributed by atoms with Gasteiger partial charge < -0.3 is 24.4 Å². The lowest BCUT2D eigenvalue weighted by atomic mass is 9.95. The highest BCUT2D eigenvalue weighted by Crippen LogP contribution is 2.43. The van der Waals surface area contributed by atoms with Crippen LogP contribution in [0.5, 0.6) is 28.7 Å². The Bertz CT molecular complexity index is 768. The number of methoxy groups -OCH3 is 2. The third-order valence-corrected chi connectivity index (χ3v) is 3.77. The van der Waals surface area contributed by atoms with Crippen molar-refractivity contribution in [2.45, 2.75) is 12.5 Å². The first-order chi connectivity index (χ1) is 11.0. The molecule has 3 rings (SSSR count). The first-order valence-corrected chi connectivity index (χ1v) is 7.01. The van der Waals surface area contributed by atoms with Crippen LogP contribution in [0.25, 0.3) is 0 Å². The molecule has 1 aliphatic heterocycles. The zero-order valence-corrected chi connectivity index (χ0v) is 12.7. The number of fused-ring (bicyclic) bond motifs is 1. The van der Waals surface area contributed by atoms with E-state index >= 15 is 0 Å². The maximum atomic E-state index is 12.5. The lowest BCUT2D eigenvalue weighted by Crippen LogP contribution is -2.21. The Labute approximate surface area is 132 Å². The van der Waals surface area contributed by atoms with Crippen molar-refractivity contribution < 1.29 is 29.2 Å². The number of rotatable bonds is 3. The van der Waals surface area contributed by atoms with Gasteiger partial charge in [-0.25, -0.2) is 0 Å². The van der Waals surface area contributed by atoms with Crippen LogP contribution in [-0.4, -0.2) is 30.2 Å². The Kier molecular flexibility index (Phi) is 3.73. The van der Waals surface area contributed by atoms with Gasteiger partial charge in [0.15, 0.2) is 17.3 Å². The summed E-state index contributed by atoms with van der Waals surface area (Å²) in [4.78, 5) is 12.5. The van der Waals surface area contributed by atoms with Crippen molar-refractivity contribution in [3.8, 4) is 28.7 Å². The molecule has 0 fully saturated rings. The third-order valence-electron chi connectivity index (χ3n) is 3.77. The van der Waals surface area contributed by atoms with E-state index in [2.05, 4.69) is 0 Å². The highest BCUT2D eigenvalue weighted by molar-refractivity contribution is 6.02. The van der Waals surface area contributed by atoms with E-state index in [4.69, 9.17) is 14.2 Å². The standard InChI is InChI=1S/C17H16O6/c1-21-14-5-9(3-4-11(14)19)13-8-12(20)17-15(22-2)6-10(18)7-16(17)23-13/h3-7,13,18-19H,8H2,1-2H3. The van der Waals surface area contributed by atoms with Crippen LogP contribution in [0.15, 0.2) is 30.3 Å². The van der Waals surface area contributed by atoms with Crippen molar-refractivity contribution in [2.75, 3.05) is 14.2 Å². The molecule has 120 valence electrons. The minimum absolute atomic E-state index is 0.0121. The van der Waals surface area contributed by atoms with Gasteiger partial charge >= 0.3 is 0 Å². The summed E-state index contributed by atoms with van der Waals surface area (Å²) in [5.41, 5.74) is 1.02. The van der Waals surface area contributed by atoms with Gasteiger partial charge in [-0.3, -0.25) is 4.79 Å². The van der Waals surface area contributed by atoms with E-state index in [0.29, 0.717) is 16.9 Å². The molecule has 0 radical (unpaired) electrons. The Morgan fingerprint density at radius 1 is 1.09 bits per heavy atom. The highest BCUT2D eigenvalue weighted by atomic mass is 16.5. The van der Waals surface area contributed by atoms with Gasteiger partial charge in [-0.15, -0.1) is 0 Å². The second kappa shape index (κ2) is 5.72. The molecular formula is C17H16O6. The zero-order chi connectivity index (χ0) is 16.6. The van der Waals surface area contributed by atoms with Crippen LogP contribution in [0.4, 0.5) is 0 Å². The summed E-state index contributed by atoms with van der Waals surface area (Å²) >= 11 is 0. The molecule has 23 heavy (non-hydrogen) atoms. The largest absolute Gasteiger partial charge is 0.508 e. The smallest absolute Gasteiger partial charge is 0.174 e. The first kappa shape index (κ1) is 15.0. The van der Waals surface area contributed by atoms with E-state index in [1.807, 2.05) is 0 Å². The monoisotopic (exact) mass is 316 g/mol. The second-order valence-electron chi connectivity index (χ2n) is 5.19. The minimum atomic E-state index is -0.531. The number of ketones is 1. The summed E-state index contributed by atoms with van der Waals surface area (Å²) < 4.78 is 16.1. The molecule has 0 aliphatic carbocycles. The van der Waals surface area contributed by atoms with Crippen LogP contribution in [0.1, 0.15) is 28.4 Å². The van der Waals surface area contributed by atoms with E-state index < -0.39 is 6.10 Å². The van der Waals surface area contributed by atoms with Crippen LogP contribution in [-0.2, 0) is 0 Å². The lowest BCUT2D eigenvalue weighted by molar-refractivity contribution is 0.0844. The number of Topliss-reactive ketones (excluding diaryl/α,β-unsaturated/α-hetero) is 1. The van der Waals surface area contributed by atoms with E-state index in [1.54, 1.807) is 12.1 Å². The molecule has 1 aliphatic rings. The van der Waals surface area contributed by atoms with Gasteiger partial charge in [0, 0.05) is 12.1 Å². The van der Waals surface area contributed by atoms with E-state index in [-0.39, 0.29) is 35.2 Å². The zero-order valence-electron chi connectivity index (χ0n) is 12.7. The molecule has 2 aromatic carbocycles. The van der Waals surface area contributed by atoms with Gasteiger partial charge in [0.2, 0.25) is 0 Å². The van der Waals surface area contributed by atoms with Gasteiger partial charge in [0.25, 0.3) is 0 Å². The fourth-order valence-electron chi connectivity index (χ4n) is 2.65. The second-order valence-corrected chi connectivity index (χ2v) is 5.19. The Morgan fingerprint density at radius 2 is 1.83 bits per heavy atom. The van der Waals surface area contributed by atoms with Gasteiger partial charge in [-0.2, -0.15) is 0 Å². The molecule has 2 N–H and O–H groups in total. The van der Waals surface area contributed by atoms with E-state index in [9.17, 15) is 15.0 Å². The Balaban J connectivity index is 2.01. The number of benzene rings is 2. The van der Waals surface area contributed by atoms with Gasteiger partial charge in [-0.05, 0) is 17.7 Å². The molecule has 1 unspecified atom stereocenters. The molecule has 0 saturated heterocycles. The van der Waals surface area contributed by atoms with Crippen LogP contribution in [0.2, 0.25) is 0 Å². The van der Waals surface area contributed by atoms with Gasteiger partial charge in [0.1, 0.15) is 28.9 Å². The van der Waals surface area contributed by atoms with Crippen LogP contribution >= 0.6 is 0 Å². The fraction of sp³-hybridized carbons (Fsp3) is 0.235. The summed E-state index contributed by atoms with van der Waals surface area (Å²) in [5, 5.41) is 19.4. The Morgan fingerprint density at radius 3 is 2.52 bits per heavy atom. The molecule has 0 bridgehead atoms. The Hall–Kier alpha value is -2.89. The molecule has 2 aromatic rings. The maximum absolute atomic E-state index is 12.5. The number of ether oxygens (including phenoxy) is 3. The van der Waals surface area contributed by atoms with Crippen molar-refractivity contribution in [2.24, 2.45) is 0 Å². The lowest BCUT2D eigenvalue weighted by Gasteiger charge is -2.27. The van der Waals surface area contributed by atoms with Crippen molar-refractivity contribution in [3.05, 3.63) is 41.5 Å². The summed E-state index contributed by atoms with van der Waals surface area (Å²) in [5.74, 6) is 0.690. The number of phenolic OH excluding ortho intramolecular Hbond substituents is 2. The summed E-state index contributed by atoms with van der Waals surface area (Å²) in [6, 6.07) is 7.54. The first-order valence-electron chi connectivity index (χ1n) is 7.01. The van der Waals surface area contributed by atoms with Crippen molar-refractivity contribution in [1.29, 1.82) is 0 Å². The summed E-state index contributed by atoms with van der Waals surface area (Å²) in [6.45, 7) is 0. The molecule has 0 saturated carbocycles. The predicted molar refractivity (Wildman–Crippen MR) is 81.6 cm³/mol. The molecular weight excluding hydrogens is 300 g/mol. The number of phenols is 2. The van der Waals surface area contributed by atoms with Crippen molar-refractivity contribution >= 4 is 5.78 Å². The number of carbonyl (C=O) groups excluding carboxylic acids is 1. The predicted octanol–water partition coefficient (Wildman–Crippen LogP) is 2.82.